The number of hydrogen-bond donors (Lipinski definition) is 8. The van der Waals surface area contributed by atoms with Crippen LogP contribution in [-0.4, -0.2) is 108 Å². The van der Waals surface area contributed by atoms with Gasteiger partial charge in [-0.25, -0.2) is 0 Å². The molecule has 0 aliphatic carbocycles. The number of nitrogens with one attached hydrogen (secondary N) is 1. The summed E-state index contributed by atoms with van der Waals surface area (Å²) < 4.78 is 11.2. The van der Waals surface area contributed by atoms with E-state index in [0.29, 0.717) is 17.5 Å². The van der Waals surface area contributed by atoms with Crippen LogP contribution in [0.15, 0.2) is 36.4 Å². The van der Waals surface area contributed by atoms with Crippen molar-refractivity contribution in [3.05, 3.63) is 47.5 Å². The molecule has 1 aromatic heterocycles. The minimum atomic E-state index is -1.49. The van der Waals surface area contributed by atoms with Gasteiger partial charge in [0.2, 0.25) is 0 Å². The fourth-order valence-corrected chi connectivity index (χ4v) is 4.99. The number of aromatic amines is 1. The van der Waals surface area contributed by atoms with E-state index in [2.05, 4.69) is 28.7 Å². The van der Waals surface area contributed by atoms with E-state index in [9.17, 15) is 35.7 Å². The van der Waals surface area contributed by atoms with Gasteiger partial charge in [0.25, 0.3) is 0 Å². The Morgan fingerprint density at radius 3 is 1.59 bits per heavy atom. The lowest BCUT2D eigenvalue weighted by atomic mass is 9.94. The summed E-state index contributed by atoms with van der Waals surface area (Å²) >= 11 is 0. The molecule has 2 aliphatic heterocycles. The zero-order valence-electron chi connectivity index (χ0n) is 21.1. The molecule has 0 bridgehead atoms. The first kappa shape index (κ1) is 27.6. The Labute approximate surface area is 224 Å². The monoisotopic (exact) mass is 537 g/mol. The predicted octanol–water partition coefficient (Wildman–Crippen LogP) is -0.873. The first-order chi connectivity index (χ1) is 18.7. The molecule has 0 spiro atoms. The molecule has 3 aromatic rings. The molecule has 2 saturated heterocycles. The maximum absolute atomic E-state index is 10.3. The number of ether oxygens (including phenoxy) is 2. The third-order valence-corrected chi connectivity index (χ3v) is 7.32. The molecule has 206 valence electrons. The van der Waals surface area contributed by atoms with Crippen LogP contribution in [0.2, 0.25) is 0 Å². The van der Waals surface area contributed by atoms with Crippen LogP contribution in [0, 0.1) is 23.7 Å². The minimum Gasteiger partial charge on any atom is -0.394 e. The lowest BCUT2D eigenvalue weighted by Gasteiger charge is -2.38. The van der Waals surface area contributed by atoms with Crippen LogP contribution < -0.4 is 0 Å². The van der Waals surface area contributed by atoms with Crippen LogP contribution in [0.4, 0.5) is 0 Å². The number of aliphatic hydroxyl groups excluding tert-OH is 7. The van der Waals surface area contributed by atoms with Crippen molar-refractivity contribution in [3.8, 4) is 23.7 Å². The van der Waals surface area contributed by atoms with Gasteiger partial charge in [0.05, 0.1) is 12.7 Å². The molecule has 8 N–H and O–H groups in total. The van der Waals surface area contributed by atoms with Gasteiger partial charge in [-0.3, -0.25) is 0 Å². The van der Waals surface area contributed by atoms with Crippen molar-refractivity contribution in [1.82, 2.24) is 4.98 Å². The Bertz CT molecular complexity index is 1350. The largest absolute Gasteiger partial charge is 0.394 e. The lowest BCUT2D eigenvalue weighted by molar-refractivity contribution is -0.214. The molecule has 2 fully saturated rings. The molecular formula is C29H31NO9. The van der Waals surface area contributed by atoms with Gasteiger partial charge in [0.1, 0.15) is 54.9 Å². The van der Waals surface area contributed by atoms with Crippen LogP contribution in [0.1, 0.15) is 24.5 Å². The zero-order chi connectivity index (χ0) is 27.8. The number of aliphatic hydroxyl groups is 7. The minimum absolute atomic E-state index is 0.464. The van der Waals surface area contributed by atoms with Gasteiger partial charge in [-0.1, -0.05) is 30.6 Å². The number of benzene rings is 2. The van der Waals surface area contributed by atoms with E-state index in [1.54, 1.807) is 6.07 Å². The summed E-state index contributed by atoms with van der Waals surface area (Å²) in [5.74, 6) is 11.6. The van der Waals surface area contributed by atoms with E-state index in [0.717, 1.165) is 21.8 Å². The first-order valence-electron chi connectivity index (χ1n) is 12.8. The number of rotatable bonds is 2. The van der Waals surface area contributed by atoms with E-state index >= 15 is 0 Å². The number of aromatic nitrogens is 1. The van der Waals surface area contributed by atoms with Gasteiger partial charge < -0.3 is 50.2 Å². The SMILES string of the molecule is CC[C@H]1O[C@H](C#Cc2ccc3[nH]c4ccc(C#C[C@H]5O[C@H](CO)[C@@H](O)[C@H](O)[C@@H]5O)cc4c3c2)[C@@H](O)[C@@H](O)[C@@H]1O. The number of hydrogen-bond acceptors (Lipinski definition) is 9. The van der Waals surface area contributed by atoms with Crippen molar-refractivity contribution in [1.29, 1.82) is 0 Å². The van der Waals surface area contributed by atoms with Crippen molar-refractivity contribution in [2.75, 3.05) is 6.61 Å². The molecule has 0 amide bonds. The van der Waals surface area contributed by atoms with Gasteiger partial charge in [-0.05, 0) is 42.8 Å². The summed E-state index contributed by atoms with van der Waals surface area (Å²) in [6, 6.07) is 11.1. The zero-order valence-corrected chi connectivity index (χ0v) is 21.1. The maximum atomic E-state index is 10.3. The van der Waals surface area contributed by atoms with Crippen LogP contribution in [0.5, 0.6) is 0 Å². The van der Waals surface area contributed by atoms with Crippen molar-refractivity contribution < 1.29 is 45.2 Å². The Morgan fingerprint density at radius 2 is 1.13 bits per heavy atom. The summed E-state index contributed by atoms with van der Waals surface area (Å²) in [7, 11) is 0. The fourth-order valence-electron chi connectivity index (χ4n) is 4.99. The highest BCUT2D eigenvalue weighted by Crippen LogP contribution is 2.28. The summed E-state index contributed by atoms with van der Waals surface area (Å²) in [6.45, 7) is 1.29. The average molecular weight is 538 g/mol. The summed E-state index contributed by atoms with van der Waals surface area (Å²) in [5.41, 5.74) is 3.01. The second kappa shape index (κ2) is 11.2. The summed E-state index contributed by atoms with van der Waals surface area (Å²) in [5, 5.41) is 71.8. The molecule has 0 radical (unpaired) electrons. The van der Waals surface area contributed by atoms with Gasteiger partial charge in [0, 0.05) is 32.9 Å². The van der Waals surface area contributed by atoms with E-state index in [4.69, 9.17) is 9.47 Å². The number of H-pyrrole nitrogens is 1. The second-order valence-electron chi connectivity index (χ2n) is 9.91. The van der Waals surface area contributed by atoms with E-state index in [1.165, 1.54) is 0 Å². The van der Waals surface area contributed by atoms with Gasteiger partial charge in [0.15, 0.2) is 0 Å². The Hall–Kier alpha value is -3.00. The van der Waals surface area contributed by atoms with Crippen molar-refractivity contribution in [2.45, 2.75) is 74.4 Å². The molecule has 3 heterocycles. The predicted molar refractivity (Wildman–Crippen MR) is 140 cm³/mol. The van der Waals surface area contributed by atoms with Crippen LogP contribution >= 0.6 is 0 Å². The molecule has 39 heavy (non-hydrogen) atoms. The van der Waals surface area contributed by atoms with Gasteiger partial charge >= 0.3 is 0 Å². The van der Waals surface area contributed by atoms with Gasteiger partial charge in [-0.15, -0.1) is 0 Å². The standard InChI is InChI=1S/C29H31NO9/c1-2-20-24(32)28(36)25(33)21(38-20)9-5-14-3-7-18-16(11-14)17-12-15(4-8-19(17)30-18)6-10-22-26(34)29(37)27(35)23(13-31)39-22/h3-4,7-8,11-12,20-37H,2,13H2,1H3/t20-,21-,22-,23-,24-,25-,26-,27-,28+,29-/m1/s1. The summed E-state index contributed by atoms with van der Waals surface area (Å²) in [4.78, 5) is 3.33. The van der Waals surface area contributed by atoms with E-state index in [-0.39, 0.29) is 0 Å². The van der Waals surface area contributed by atoms with E-state index < -0.39 is 67.6 Å². The third kappa shape index (κ3) is 5.28. The summed E-state index contributed by atoms with van der Waals surface area (Å²) in [6.07, 6.45) is -11.5. The topological polar surface area (TPSA) is 176 Å². The molecule has 10 nitrogen and oxygen atoms in total. The quantitative estimate of drug-likeness (QED) is 0.193. The van der Waals surface area contributed by atoms with Gasteiger partial charge in [-0.2, -0.15) is 0 Å². The normalized spacial score (nSPS) is 34.8. The smallest absolute Gasteiger partial charge is 0.147 e. The molecule has 5 rings (SSSR count). The number of fused-ring (bicyclic) bond motifs is 3. The van der Waals surface area contributed by atoms with Crippen LogP contribution in [0.25, 0.3) is 21.8 Å². The first-order valence-corrected chi connectivity index (χ1v) is 12.8. The molecule has 10 heteroatoms. The highest BCUT2D eigenvalue weighted by Gasteiger charge is 2.43. The second-order valence-corrected chi connectivity index (χ2v) is 9.91. The highest BCUT2D eigenvalue weighted by atomic mass is 16.5. The molecule has 2 aromatic carbocycles. The van der Waals surface area contributed by atoms with Crippen LogP contribution in [0.3, 0.4) is 0 Å². The average Bonchev–Trinajstić information content (AvgIpc) is 3.31. The highest BCUT2D eigenvalue weighted by molar-refractivity contribution is 6.08. The molecule has 2 aliphatic rings. The Kier molecular flexibility index (Phi) is 7.94. The van der Waals surface area contributed by atoms with Crippen molar-refractivity contribution in [2.24, 2.45) is 0 Å². The Morgan fingerprint density at radius 1 is 0.667 bits per heavy atom. The lowest BCUT2D eigenvalue weighted by Crippen LogP contribution is -2.58. The molecular weight excluding hydrogens is 506 g/mol. The maximum Gasteiger partial charge on any atom is 0.147 e. The molecule has 10 atom stereocenters. The fraction of sp³-hybridized carbons (Fsp3) is 0.448. The van der Waals surface area contributed by atoms with E-state index in [1.807, 2.05) is 37.3 Å². The third-order valence-electron chi connectivity index (χ3n) is 7.32. The molecule has 0 unspecified atom stereocenters. The van der Waals surface area contributed by atoms with Crippen molar-refractivity contribution in [3.63, 3.8) is 0 Å². The molecule has 0 saturated carbocycles. The van der Waals surface area contributed by atoms with Crippen LogP contribution in [-0.2, 0) is 9.47 Å². The van der Waals surface area contributed by atoms with Crippen molar-refractivity contribution >= 4 is 21.8 Å². The Balaban J connectivity index is 1.42.